The van der Waals surface area contributed by atoms with Gasteiger partial charge in [0.2, 0.25) is 0 Å². The summed E-state index contributed by atoms with van der Waals surface area (Å²) in [6.45, 7) is 6.66. The summed E-state index contributed by atoms with van der Waals surface area (Å²) in [5.41, 5.74) is 2.53. The van der Waals surface area contributed by atoms with Gasteiger partial charge in [-0.2, -0.15) is 5.10 Å². The molecule has 2 nitrogen and oxygen atoms in total. The molecule has 0 spiro atoms. The summed E-state index contributed by atoms with van der Waals surface area (Å²) in [6.07, 6.45) is 0. The Labute approximate surface area is 84.5 Å². The molecule has 74 valence electrons. The van der Waals surface area contributed by atoms with E-state index < -0.39 is 0 Å². The maximum Gasteiger partial charge on any atom is 0.0926 e. The van der Waals surface area contributed by atoms with Crippen molar-refractivity contribution in [2.45, 2.75) is 26.2 Å². The molecule has 0 radical (unpaired) electrons. The van der Waals surface area contributed by atoms with E-state index in [9.17, 15) is 0 Å². The highest BCUT2D eigenvalue weighted by molar-refractivity contribution is 5.82. The van der Waals surface area contributed by atoms with E-state index in [1.807, 2.05) is 17.8 Å². The topological polar surface area (TPSA) is 17.8 Å². The van der Waals surface area contributed by atoms with Crippen LogP contribution in [0.2, 0.25) is 0 Å². The Bertz CT molecular complexity index is 461. The van der Waals surface area contributed by atoms with Gasteiger partial charge in [0, 0.05) is 17.8 Å². The van der Waals surface area contributed by atoms with E-state index in [1.54, 1.807) is 0 Å². The van der Waals surface area contributed by atoms with Crippen molar-refractivity contribution in [1.82, 2.24) is 9.78 Å². The molecule has 1 aromatic heterocycles. The molecule has 1 heterocycles. The Hall–Kier alpha value is -1.31. The van der Waals surface area contributed by atoms with Gasteiger partial charge in [-0.25, -0.2) is 0 Å². The van der Waals surface area contributed by atoms with E-state index in [1.165, 1.54) is 11.1 Å². The molecule has 14 heavy (non-hydrogen) atoms. The third-order valence-corrected chi connectivity index (χ3v) is 2.45. The van der Waals surface area contributed by atoms with E-state index in [0.29, 0.717) is 0 Å². The Morgan fingerprint density at radius 3 is 2.43 bits per heavy atom. The number of benzene rings is 1. The third-order valence-electron chi connectivity index (χ3n) is 2.45. The number of fused-ring (bicyclic) bond motifs is 1. The van der Waals surface area contributed by atoms with Crippen LogP contribution < -0.4 is 0 Å². The molecule has 0 amide bonds. The molecule has 2 heteroatoms. The summed E-state index contributed by atoms with van der Waals surface area (Å²) in [4.78, 5) is 0. The lowest BCUT2D eigenvalue weighted by atomic mass is 9.90. The second-order valence-electron chi connectivity index (χ2n) is 4.74. The van der Waals surface area contributed by atoms with Crippen molar-refractivity contribution in [2.75, 3.05) is 0 Å². The smallest absolute Gasteiger partial charge is 0.0926 e. The van der Waals surface area contributed by atoms with Crippen molar-refractivity contribution in [3.05, 3.63) is 30.0 Å². The van der Waals surface area contributed by atoms with Crippen LogP contribution in [0.25, 0.3) is 10.9 Å². The van der Waals surface area contributed by atoms with Crippen molar-refractivity contribution in [2.24, 2.45) is 7.05 Å². The van der Waals surface area contributed by atoms with Crippen LogP contribution in [0.4, 0.5) is 0 Å². The van der Waals surface area contributed by atoms with Crippen LogP contribution in [-0.2, 0) is 12.5 Å². The zero-order valence-corrected chi connectivity index (χ0v) is 9.20. The molecular formula is C12H16N2. The average Bonchev–Trinajstić information content (AvgIpc) is 2.38. The highest BCUT2D eigenvalue weighted by Crippen LogP contribution is 2.28. The van der Waals surface area contributed by atoms with Gasteiger partial charge in [0.15, 0.2) is 0 Å². The van der Waals surface area contributed by atoms with Gasteiger partial charge in [0.05, 0.1) is 11.2 Å². The lowest BCUT2D eigenvalue weighted by Crippen LogP contribution is -2.16. The maximum absolute atomic E-state index is 4.50. The zero-order valence-electron chi connectivity index (χ0n) is 9.20. The first kappa shape index (κ1) is 9.25. The molecule has 0 saturated carbocycles. The van der Waals surface area contributed by atoms with E-state index in [4.69, 9.17) is 0 Å². The first-order valence-electron chi connectivity index (χ1n) is 4.92. The largest absolute Gasteiger partial charge is 0.271 e. The Kier molecular flexibility index (Phi) is 1.88. The van der Waals surface area contributed by atoms with Gasteiger partial charge in [-0.1, -0.05) is 39.0 Å². The van der Waals surface area contributed by atoms with Crippen molar-refractivity contribution in [3.63, 3.8) is 0 Å². The number of rotatable bonds is 0. The lowest BCUT2D eigenvalue weighted by Gasteiger charge is -2.19. The van der Waals surface area contributed by atoms with Crippen LogP contribution in [0.15, 0.2) is 24.3 Å². The van der Waals surface area contributed by atoms with Crippen molar-refractivity contribution >= 4 is 10.9 Å². The minimum absolute atomic E-state index is 0.144. The van der Waals surface area contributed by atoms with Crippen LogP contribution in [-0.4, -0.2) is 9.78 Å². The molecule has 0 aliphatic carbocycles. The van der Waals surface area contributed by atoms with Gasteiger partial charge in [-0.05, 0) is 6.07 Å². The zero-order chi connectivity index (χ0) is 10.3. The Morgan fingerprint density at radius 2 is 1.79 bits per heavy atom. The molecule has 2 rings (SSSR count). The van der Waals surface area contributed by atoms with Gasteiger partial charge in [0.25, 0.3) is 0 Å². The minimum Gasteiger partial charge on any atom is -0.271 e. The van der Waals surface area contributed by atoms with Gasteiger partial charge >= 0.3 is 0 Å². The molecule has 0 aliphatic heterocycles. The molecular weight excluding hydrogens is 172 g/mol. The van der Waals surface area contributed by atoms with Gasteiger partial charge in [-0.3, -0.25) is 4.68 Å². The first-order chi connectivity index (χ1) is 6.50. The standard InChI is InChI=1S/C12H16N2/c1-12(2,3)11-9-7-5-6-8-10(9)13-14(11)4/h5-8H,1-4H3. The molecule has 1 aromatic carbocycles. The molecule has 0 unspecified atom stereocenters. The van der Waals surface area contributed by atoms with E-state index in [2.05, 4.69) is 44.1 Å². The molecule has 0 N–H and O–H groups in total. The van der Waals surface area contributed by atoms with E-state index >= 15 is 0 Å². The van der Waals surface area contributed by atoms with Crippen molar-refractivity contribution in [3.8, 4) is 0 Å². The van der Waals surface area contributed by atoms with Crippen molar-refractivity contribution in [1.29, 1.82) is 0 Å². The third kappa shape index (κ3) is 1.31. The predicted octanol–water partition coefficient (Wildman–Crippen LogP) is 2.87. The quantitative estimate of drug-likeness (QED) is 0.621. The fraction of sp³-hybridized carbons (Fsp3) is 0.417. The summed E-state index contributed by atoms with van der Waals surface area (Å²) in [6, 6.07) is 8.30. The lowest BCUT2D eigenvalue weighted by molar-refractivity contribution is 0.528. The molecule has 2 aromatic rings. The predicted molar refractivity (Wildman–Crippen MR) is 59.4 cm³/mol. The van der Waals surface area contributed by atoms with Gasteiger partial charge in [0.1, 0.15) is 0 Å². The number of hydrogen-bond acceptors (Lipinski definition) is 1. The van der Waals surface area contributed by atoms with Crippen LogP contribution in [0.3, 0.4) is 0 Å². The highest BCUT2D eigenvalue weighted by atomic mass is 15.3. The number of nitrogens with zero attached hydrogens (tertiary/aromatic N) is 2. The summed E-state index contributed by atoms with van der Waals surface area (Å²) >= 11 is 0. The number of aromatic nitrogens is 2. The summed E-state index contributed by atoms with van der Waals surface area (Å²) in [7, 11) is 2.01. The minimum atomic E-state index is 0.144. The maximum atomic E-state index is 4.50. The van der Waals surface area contributed by atoms with Gasteiger partial charge < -0.3 is 0 Å². The molecule has 0 fully saturated rings. The molecule has 0 bridgehead atoms. The van der Waals surface area contributed by atoms with Crippen LogP contribution >= 0.6 is 0 Å². The SMILES string of the molecule is Cn1nc2ccccc2c1C(C)(C)C. The summed E-state index contributed by atoms with van der Waals surface area (Å²) in [5, 5.41) is 5.76. The van der Waals surface area contributed by atoms with E-state index in [-0.39, 0.29) is 5.41 Å². The fourth-order valence-electron chi connectivity index (χ4n) is 2.04. The monoisotopic (exact) mass is 188 g/mol. The summed E-state index contributed by atoms with van der Waals surface area (Å²) in [5.74, 6) is 0. The molecule has 0 aliphatic rings. The molecule has 0 atom stereocenters. The number of aryl methyl sites for hydroxylation is 1. The number of hydrogen-bond donors (Lipinski definition) is 0. The van der Waals surface area contributed by atoms with Gasteiger partial charge in [-0.15, -0.1) is 0 Å². The summed E-state index contributed by atoms with van der Waals surface area (Å²) < 4.78 is 1.99. The van der Waals surface area contributed by atoms with Crippen LogP contribution in [0.5, 0.6) is 0 Å². The second-order valence-corrected chi connectivity index (χ2v) is 4.74. The fourth-order valence-corrected chi connectivity index (χ4v) is 2.04. The first-order valence-corrected chi connectivity index (χ1v) is 4.92. The highest BCUT2D eigenvalue weighted by Gasteiger charge is 2.21. The Balaban J connectivity index is 2.81. The second kappa shape index (κ2) is 2.84. The Morgan fingerprint density at radius 1 is 1.14 bits per heavy atom. The van der Waals surface area contributed by atoms with Crippen LogP contribution in [0, 0.1) is 0 Å². The average molecular weight is 188 g/mol. The molecule has 0 saturated heterocycles. The normalized spacial score (nSPS) is 12.3. The van der Waals surface area contributed by atoms with Crippen molar-refractivity contribution < 1.29 is 0 Å². The van der Waals surface area contributed by atoms with E-state index in [0.717, 1.165) is 5.52 Å². The van der Waals surface area contributed by atoms with Crippen LogP contribution in [0.1, 0.15) is 26.5 Å².